The van der Waals surface area contributed by atoms with Crippen molar-refractivity contribution in [1.29, 1.82) is 0 Å². The van der Waals surface area contributed by atoms with Crippen molar-refractivity contribution in [1.82, 2.24) is 0 Å². The van der Waals surface area contributed by atoms with Crippen molar-refractivity contribution < 1.29 is 4.79 Å². The van der Waals surface area contributed by atoms with Gasteiger partial charge in [0.05, 0.1) is 0 Å². The third-order valence-corrected chi connectivity index (χ3v) is 3.97. The van der Waals surface area contributed by atoms with Crippen LogP contribution >= 0.6 is 0 Å². The quantitative estimate of drug-likeness (QED) is 0.437. The molecule has 0 N–H and O–H groups in total. The van der Waals surface area contributed by atoms with Crippen LogP contribution in [0.2, 0.25) is 6.82 Å². The van der Waals surface area contributed by atoms with Gasteiger partial charge in [-0.05, 0) is 0 Å². The SMILES string of the molecule is CB=C(/C=C\C(=C/C)C(=O)C1=CC=CC(C)C=C1)c1ccccc1. The molecule has 0 spiro atoms. The van der Waals surface area contributed by atoms with Crippen molar-refractivity contribution in [3.63, 3.8) is 0 Å². The average Bonchev–Trinajstić information content (AvgIpc) is 2.84. The molecule has 0 aliphatic heterocycles. The average molecular weight is 314 g/mol. The molecule has 1 aromatic carbocycles. The third kappa shape index (κ3) is 4.76. The Morgan fingerprint density at radius 2 is 1.88 bits per heavy atom. The topological polar surface area (TPSA) is 17.1 Å². The summed E-state index contributed by atoms with van der Waals surface area (Å²) in [5.74, 6) is 0.399. The summed E-state index contributed by atoms with van der Waals surface area (Å²) in [5.41, 5.74) is 3.66. The van der Waals surface area contributed by atoms with E-state index in [1.165, 1.54) is 0 Å². The van der Waals surface area contributed by atoms with E-state index in [1.54, 1.807) is 0 Å². The molecule has 120 valence electrons. The van der Waals surface area contributed by atoms with Crippen LogP contribution in [-0.4, -0.2) is 18.2 Å². The minimum absolute atomic E-state index is 0.0484. The van der Waals surface area contributed by atoms with Gasteiger partial charge in [0, 0.05) is 0 Å². The molecule has 0 aromatic heterocycles. The molecule has 24 heavy (non-hydrogen) atoms. The van der Waals surface area contributed by atoms with Crippen LogP contribution in [0.25, 0.3) is 0 Å². The molecular weight excluding hydrogens is 291 g/mol. The number of rotatable bonds is 5. The second-order valence-electron chi connectivity index (χ2n) is 5.74. The predicted molar refractivity (Wildman–Crippen MR) is 106 cm³/mol. The summed E-state index contributed by atoms with van der Waals surface area (Å²) in [6.07, 6.45) is 15.6. The van der Waals surface area contributed by atoms with Crippen LogP contribution in [0.4, 0.5) is 0 Å². The zero-order chi connectivity index (χ0) is 17.4. The molecule has 0 radical (unpaired) electrons. The monoisotopic (exact) mass is 314 g/mol. The Labute approximate surface area is 145 Å². The van der Waals surface area contributed by atoms with Crippen LogP contribution < -0.4 is 0 Å². The van der Waals surface area contributed by atoms with Gasteiger partial charge < -0.3 is 0 Å². The van der Waals surface area contributed by atoms with Crippen molar-refractivity contribution in [3.05, 3.63) is 95.6 Å². The normalized spacial score (nSPS) is 18.3. The first-order valence-corrected chi connectivity index (χ1v) is 8.33. The number of carbonyl (C=O) groups excluding carboxylic acids is 1. The molecule has 2 rings (SSSR count). The molecule has 0 bridgehead atoms. The van der Waals surface area contributed by atoms with E-state index in [1.807, 2.05) is 74.5 Å². The Bertz CT molecular complexity index is 758. The van der Waals surface area contributed by atoms with Gasteiger partial charge in [0.2, 0.25) is 0 Å². The molecule has 0 saturated carbocycles. The van der Waals surface area contributed by atoms with Crippen LogP contribution in [0, 0.1) is 5.92 Å². The van der Waals surface area contributed by atoms with Crippen LogP contribution in [0.15, 0.2) is 90.1 Å². The van der Waals surface area contributed by atoms with Crippen molar-refractivity contribution in [2.45, 2.75) is 20.7 Å². The first kappa shape index (κ1) is 17.9. The van der Waals surface area contributed by atoms with Gasteiger partial charge in [-0.3, -0.25) is 0 Å². The van der Waals surface area contributed by atoms with E-state index >= 15 is 0 Å². The van der Waals surface area contributed by atoms with Crippen molar-refractivity contribution in [3.8, 4) is 0 Å². The fraction of sp³-hybridized carbons (Fsp3) is 0.182. The van der Waals surface area contributed by atoms with Gasteiger partial charge in [-0.25, -0.2) is 0 Å². The number of benzene rings is 1. The summed E-state index contributed by atoms with van der Waals surface area (Å²) in [6.45, 7) is 8.06. The van der Waals surface area contributed by atoms with E-state index < -0.39 is 0 Å². The van der Waals surface area contributed by atoms with Gasteiger partial charge >= 0.3 is 145 Å². The van der Waals surface area contributed by atoms with Crippen LogP contribution in [0.5, 0.6) is 0 Å². The van der Waals surface area contributed by atoms with Gasteiger partial charge in [0.1, 0.15) is 0 Å². The van der Waals surface area contributed by atoms with E-state index in [4.69, 9.17) is 0 Å². The van der Waals surface area contributed by atoms with E-state index in [0.29, 0.717) is 11.5 Å². The van der Waals surface area contributed by atoms with Crippen molar-refractivity contribution >= 4 is 18.2 Å². The fourth-order valence-electron chi connectivity index (χ4n) is 2.50. The van der Waals surface area contributed by atoms with E-state index in [9.17, 15) is 4.79 Å². The van der Waals surface area contributed by atoms with Gasteiger partial charge in [-0.2, -0.15) is 0 Å². The van der Waals surface area contributed by atoms with Gasteiger partial charge in [0.25, 0.3) is 0 Å². The molecule has 0 fully saturated rings. The Kier molecular flexibility index (Phi) is 6.68. The zero-order valence-electron chi connectivity index (χ0n) is 14.6. The molecule has 0 amide bonds. The molecule has 1 aliphatic rings. The minimum atomic E-state index is 0.0484. The Hall–Kier alpha value is -2.48. The molecule has 0 heterocycles. The first-order chi connectivity index (χ1) is 11.7. The van der Waals surface area contributed by atoms with Gasteiger partial charge in [-0.15, -0.1) is 0 Å². The molecule has 1 unspecified atom stereocenters. The Morgan fingerprint density at radius 3 is 2.54 bits per heavy atom. The maximum absolute atomic E-state index is 12.7. The van der Waals surface area contributed by atoms with E-state index in [2.05, 4.69) is 32.1 Å². The number of Topliss-reactive ketones (excluding diaryl/α,β-unsaturated/α-hetero) is 1. The number of ketones is 1. The van der Waals surface area contributed by atoms with E-state index in [-0.39, 0.29) is 5.78 Å². The predicted octanol–water partition coefficient (Wildman–Crippen LogP) is 4.72. The molecule has 1 aliphatic carbocycles. The molecule has 0 saturated heterocycles. The van der Waals surface area contributed by atoms with Crippen LogP contribution in [0.3, 0.4) is 0 Å². The molecule has 2 heteroatoms. The summed E-state index contributed by atoms with van der Waals surface area (Å²) in [5, 5.41) is 0. The second kappa shape index (κ2) is 8.98. The molecule has 1 atom stereocenters. The number of hydrogen-bond acceptors (Lipinski definition) is 1. The maximum atomic E-state index is 12.7. The summed E-state index contributed by atoms with van der Waals surface area (Å²) in [7, 11) is 0. The zero-order valence-corrected chi connectivity index (χ0v) is 14.6. The Balaban J connectivity index is 2.20. The summed E-state index contributed by atoms with van der Waals surface area (Å²) >= 11 is 0. The summed E-state index contributed by atoms with van der Waals surface area (Å²) < 4.78 is 0. The van der Waals surface area contributed by atoms with Crippen molar-refractivity contribution in [2.24, 2.45) is 5.92 Å². The molecule has 1 aromatic rings. The van der Waals surface area contributed by atoms with Crippen LogP contribution in [0.1, 0.15) is 19.4 Å². The Morgan fingerprint density at radius 1 is 1.12 bits per heavy atom. The first-order valence-electron chi connectivity index (χ1n) is 8.33. The summed E-state index contributed by atoms with van der Waals surface area (Å²) in [6, 6.07) is 10.2. The summed E-state index contributed by atoms with van der Waals surface area (Å²) in [4.78, 5) is 12.7. The molecular formula is C22H23BO. The molecule has 1 nitrogen and oxygen atoms in total. The van der Waals surface area contributed by atoms with Gasteiger partial charge in [-0.1, -0.05) is 0 Å². The number of carbonyl (C=O) groups is 1. The number of allylic oxidation sites excluding steroid dienone is 10. The van der Waals surface area contributed by atoms with Crippen molar-refractivity contribution in [2.75, 3.05) is 0 Å². The second-order valence-corrected chi connectivity index (χ2v) is 5.74. The fourth-order valence-corrected chi connectivity index (χ4v) is 2.50. The van der Waals surface area contributed by atoms with Gasteiger partial charge in [0.15, 0.2) is 0 Å². The van der Waals surface area contributed by atoms with E-state index in [0.717, 1.165) is 16.6 Å². The number of hydrogen-bond donors (Lipinski definition) is 0. The standard InChI is InChI=1S/C22H23BO/c1-4-18(22(24)20-12-8-9-17(2)13-14-20)15-16-21(23-3)19-10-6-5-7-11-19/h4-17H,1-3H3/b16-15-,18-4+. The third-order valence-electron chi connectivity index (χ3n) is 3.97. The van der Waals surface area contributed by atoms with Crippen LogP contribution in [-0.2, 0) is 4.79 Å².